The Morgan fingerprint density at radius 1 is 1.19 bits per heavy atom. The Morgan fingerprint density at radius 2 is 2.05 bits per heavy atom. The standard InChI is InChI=1S/C16H13BrN2O2/c1-10-7-12(5-6-14(10)20)16-18-15(19-21-16)9-11-3-2-4-13(17)8-11/h2-8,20H,9H2,1H3. The van der Waals surface area contributed by atoms with Crippen LogP contribution in [-0.4, -0.2) is 15.2 Å². The maximum atomic E-state index is 9.55. The second-order valence-electron chi connectivity index (χ2n) is 4.82. The molecule has 0 fully saturated rings. The molecule has 106 valence electrons. The van der Waals surface area contributed by atoms with Crippen LogP contribution in [-0.2, 0) is 6.42 Å². The Kier molecular flexibility index (Phi) is 3.75. The molecule has 21 heavy (non-hydrogen) atoms. The molecular formula is C16H13BrN2O2. The van der Waals surface area contributed by atoms with Crippen LogP contribution in [0.2, 0.25) is 0 Å². The van der Waals surface area contributed by atoms with Crippen molar-refractivity contribution in [2.24, 2.45) is 0 Å². The molecule has 0 saturated heterocycles. The molecule has 1 aromatic heterocycles. The number of nitrogens with zero attached hydrogens (tertiary/aromatic N) is 2. The Morgan fingerprint density at radius 3 is 2.81 bits per heavy atom. The summed E-state index contributed by atoms with van der Waals surface area (Å²) < 4.78 is 6.32. The van der Waals surface area contributed by atoms with Gasteiger partial charge in [-0.05, 0) is 48.4 Å². The van der Waals surface area contributed by atoms with Crippen molar-refractivity contribution in [3.63, 3.8) is 0 Å². The smallest absolute Gasteiger partial charge is 0.257 e. The maximum Gasteiger partial charge on any atom is 0.257 e. The zero-order valence-electron chi connectivity index (χ0n) is 11.4. The minimum absolute atomic E-state index is 0.257. The second kappa shape index (κ2) is 5.69. The van der Waals surface area contributed by atoms with E-state index < -0.39 is 0 Å². The van der Waals surface area contributed by atoms with Gasteiger partial charge in [-0.25, -0.2) is 0 Å². The molecule has 1 heterocycles. The molecule has 3 aromatic rings. The highest BCUT2D eigenvalue weighted by atomic mass is 79.9. The molecule has 5 heteroatoms. The molecular weight excluding hydrogens is 332 g/mol. The van der Waals surface area contributed by atoms with Crippen molar-refractivity contribution in [3.05, 3.63) is 63.9 Å². The zero-order valence-corrected chi connectivity index (χ0v) is 13.0. The van der Waals surface area contributed by atoms with Crippen LogP contribution in [0.3, 0.4) is 0 Å². The Balaban J connectivity index is 1.84. The number of aryl methyl sites for hydroxylation is 1. The summed E-state index contributed by atoms with van der Waals surface area (Å²) in [6.07, 6.45) is 0.611. The first-order valence-corrected chi connectivity index (χ1v) is 7.28. The van der Waals surface area contributed by atoms with Gasteiger partial charge in [0, 0.05) is 16.5 Å². The monoisotopic (exact) mass is 344 g/mol. The van der Waals surface area contributed by atoms with E-state index in [-0.39, 0.29) is 5.75 Å². The van der Waals surface area contributed by atoms with E-state index in [1.165, 1.54) is 0 Å². The van der Waals surface area contributed by atoms with Gasteiger partial charge in [-0.3, -0.25) is 0 Å². The second-order valence-corrected chi connectivity index (χ2v) is 5.74. The van der Waals surface area contributed by atoms with Gasteiger partial charge in [0.15, 0.2) is 5.82 Å². The average molecular weight is 345 g/mol. The third-order valence-electron chi connectivity index (χ3n) is 3.16. The summed E-state index contributed by atoms with van der Waals surface area (Å²) in [5, 5.41) is 13.6. The van der Waals surface area contributed by atoms with E-state index in [4.69, 9.17) is 4.52 Å². The van der Waals surface area contributed by atoms with Crippen LogP contribution < -0.4 is 0 Å². The molecule has 0 aliphatic rings. The molecule has 2 aromatic carbocycles. The van der Waals surface area contributed by atoms with Gasteiger partial charge in [0.1, 0.15) is 5.75 Å². The molecule has 0 aliphatic carbocycles. The zero-order chi connectivity index (χ0) is 14.8. The predicted octanol–water partition coefficient (Wildman–Crippen LogP) is 4.10. The summed E-state index contributed by atoms with van der Waals surface area (Å²) in [6, 6.07) is 13.2. The molecule has 0 unspecified atom stereocenters. The first-order chi connectivity index (χ1) is 10.1. The lowest BCUT2D eigenvalue weighted by Crippen LogP contribution is -1.90. The van der Waals surface area contributed by atoms with Crippen molar-refractivity contribution in [2.75, 3.05) is 0 Å². The highest BCUT2D eigenvalue weighted by Crippen LogP contribution is 2.24. The van der Waals surface area contributed by atoms with Crippen molar-refractivity contribution < 1.29 is 9.63 Å². The topological polar surface area (TPSA) is 59.2 Å². The van der Waals surface area contributed by atoms with Gasteiger partial charge >= 0.3 is 0 Å². The minimum Gasteiger partial charge on any atom is -0.508 e. The van der Waals surface area contributed by atoms with Crippen LogP contribution >= 0.6 is 15.9 Å². The van der Waals surface area contributed by atoms with Gasteiger partial charge in [0.05, 0.1) is 0 Å². The van der Waals surface area contributed by atoms with Gasteiger partial charge in [0.25, 0.3) is 5.89 Å². The van der Waals surface area contributed by atoms with Crippen LogP contribution in [0.1, 0.15) is 17.0 Å². The first kappa shape index (κ1) is 13.8. The van der Waals surface area contributed by atoms with E-state index in [1.54, 1.807) is 12.1 Å². The van der Waals surface area contributed by atoms with Gasteiger partial charge in [0.2, 0.25) is 0 Å². The van der Waals surface area contributed by atoms with E-state index in [1.807, 2.05) is 37.3 Å². The number of hydrogen-bond donors (Lipinski definition) is 1. The van der Waals surface area contributed by atoms with Gasteiger partial charge < -0.3 is 9.63 Å². The first-order valence-electron chi connectivity index (χ1n) is 6.49. The molecule has 3 rings (SSSR count). The molecule has 0 amide bonds. The van der Waals surface area contributed by atoms with E-state index in [2.05, 4.69) is 26.1 Å². The van der Waals surface area contributed by atoms with Crippen molar-refractivity contribution in [1.82, 2.24) is 10.1 Å². The van der Waals surface area contributed by atoms with Crippen LogP contribution in [0.15, 0.2) is 51.5 Å². The predicted molar refractivity (Wildman–Crippen MR) is 83.1 cm³/mol. The van der Waals surface area contributed by atoms with Crippen molar-refractivity contribution in [3.8, 4) is 17.2 Å². The molecule has 4 nitrogen and oxygen atoms in total. The Bertz CT molecular complexity index is 783. The van der Waals surface area contributed by atoms with Gasteiger partial charge in [-0.1, -0.05) is 33.2 Å². The normalized spacial score (nSPS) is 10.8. The quantitative estimate of drug-likeness (QED) is 0.776. The highest BCUT2D eigenvalue weighted by Gasteiger charge is 2.10. The van der Waals surface area contributed by atoms with Crippen LogP contribution in [0, 0.1) is 6.92 Å². The van der Waals surface area contributed by atoms with Crippen LogP contribution in [0.25, 0.3) is 11.5 Å². The lowest BCUT2D eigenvalue weighted by Gasteiger charge is -1.99. The molecule has 1 N–H and O–H groups in total. The number of aromatic nitrogens is 2. The number of hydrogen-bond acceptors (Lipinski definition) is 4. The number of aromatic hydroxyl groups is 1. The summed E-state index contributed by atoms with van der Waals surface area (Å²) in [7, 11) is 0. The summed E-state index contributed by atoms with van der Waals surface area (Å²) in [4.78, 5) is 4.40. The summed E-state index contributed by atoms with van der Waals surface area (Å²) in [6.45, 7) is 1.83. The minimum atomic E-state index is 0.257. The lowest BCUT2D eigenvalue weighted by atomic mass is 10.1. The SMILES string of the molecule is Cc1cc(-c2nc(Cc3cccc(Br)c3)no2)ccc1O. The molecule has 0 saturated carbocycles. The van der Waals surface area contributed by atoms with Crippen molar-refractivity contribution in [2.45, 2.75) is 13.3 Å². The van der Waals surface area contributed by atoms with Crippen molar-refractivity contribution in [1.29, 1.82) is 0 Å². The summed E-state index contributed by atoms with van der Waals surface area (Å²) in [5.74, 6) is 1.35. The number of phenols is 1. The largest absolute Gasteiger partial charge is 0.508 e. The van der Waals surface area contributed by atoms with Crippen LogP contribution in [0.4, 0.5) is 0 Å². The molecule has 0 atom stereocenters. The fraction of sp³-hybridized carbons (Fsp3) is 0.125. The molecule has 0 bridgehead atoms. The number of phenolic OH excluding ortho intramolecular Hbond substituents is 1. The molecule has 0 spiro atoms. The molecule has 0 aliphatic heterocycles. The highest BCUT2D eigenvalue weighted by molar-refractivity contribution is 9.10. The average Bonchev–Trinajstić information content (AvgIpc) is 2.90. The third kappa shape index (κ3) is 3.13. The number of halogens is 1. The van der Waals surface area contributed by atoms with E-state index >= 15 is 0 Å². The van der Waals surface area contributed by atoms with Gasteiger partial charge in [-0.15, -0.1) is 0 Å². The fourth-order valence-corrected chi connectivity index (χ4v) is 2.51. The number of benzene rings is 2. The summed E-state index contributed by atoms with van der Waals surface area (Å²) in [5.41, 5.74) is 2.69. The Hall–Kier alpha value is -2.14. The number of rotatable bonds is 3. The third-order valence-corrected chi connectivity index (χ3v) is 3.66. The summed E-state index contributed by atoms with van der Waals surface area (Å²) >= 11 is 3.44. The maximum absolute atomic E-state index is 9.55. The van der Waals surface area contributed by atoms with E-state index in [0.717, 1.165) is 21.2 Å². The van der Waals surface area contributed by atoms with E-state index in [0.29, 0.717) is 18.1 Å². The fourth-order valence-electron chi connectivity index (χ4n) is 2.06. The van der Waals surface area contributed by atoms with E-state index in [9.17, 15) is 5.11 Å². The molecule has 0 radical (unpaired) electrons. The lowest BCUT2D eigenvalue weighted by molar-refractivity contribution is 0.423. The van der Waals surface area contributed by atoms with Crippen molar-refractivity contribution >= 4 is 15.9 Å². The van der Waals surface area contributed by atoms with Crippen LogP contribution in [0.5, 0.6) is 5.75 Å². The Labute approximate surface area is 130 Å². The van der Waals surface area contributed by atoms with Gasteiger partial charge in [-0.2, -0.15) is 4.98 Å².